The van der Waals surface area contributed by atoms with Crippen LogP contribution in [0.15, 0.2) is 10.9 Å². The molecule has 0 saturated heterocycles. The van der Waals surface area contributed by atoms with Gasteiger partial charge in [0.25, 0.3) is 5.56 Å². The summed E-state index contributed by atoms with van der Waals surface area (Å²) < 4.78 is 0. The van der Waals surface area contributed by atoms with Crippen LogP contribution in [0.2, 0.25) is 0 Å². The van der Waals surface area contributed by atoms with Crippen molar-refractivity contribution in [1.29, 1.82) is 0 Å². The molecule has 0 atom stereocenters. The fourth-order valence-electron chi connectivity index (χ4n) is 2.88. The van der Waals surface area contributed by atoms with Crippen molar-refractivity contribution < 1.29 is 9.90 Å². The summed E-state index contributed by atoms with van der Waals surface area (Å²) in [5, 5.41) is 12.4. The minimum absolute atomic E-state index is 0.0585. The molecule has 6 nitrogen and oxygen atoms in total. The molecule has 1 fully saturated rings. The Kier molecular flexibility index (Phi) is 4.42. The van der Waals surface area contributed by atoms with E-state index in [1.165, 1.54) is 6.07 Å². The van der Waals surface area contributed by atoms with Gasteiger partial charge in [-0.2, -0.15) is 0 Å². The molecule has 6 heteroatoms. The van der Waals surface area contributed by atoms with Crippen LogP contribution in [0.3, 0.4) is 0 Å². The number of anilines is 1. The van der Waals surface area contributed by atoms with Crippen LogP contribution in [0.5, 0.6) is 0 Å². The average Bonchev–Trinajstić information content (AvgIpc) is 2.37. The quantitative estimate of drug-likeness (QED) is 0.765. The monoisotopic (exact) mass is 279 g/mol. The Morgan fingerprint density at radius 3 is 2.75 bits per heavy atom. The summed E-state index contributed by atoms with van der Waals surface area (Å²) >= 11 is 0. The highest BCUT2D eigenvalue weighted by atomic mass is 16.4. The van der Waals surface area contributed by atoms with E-state index in [0.29, 0.717) is 18.1 Å². The van der Waals surface area contributed by atoms with Crippen molar-refractivity contribution in [2.45, 2.75) is 57.4 Å². The average molecular weight is 279 g/mol. The van der Waals surface area contributed by atoms with E-state index in [0.717, 1.165) is 32.1 Å². The van der Waals surface area contributed by atoms with Crippen LogP contribution >= 0.6 is 0 Å². The third-order valence-electron chi connectivity index (χ3n) is 3.82. The Morgan fingerprint density at radius 2 is 2.15 bits per heavy atom. The lowest BCUT2D eigenvalue weighted by Crippen LogP contribution is -2.43. The molecule has 1 aliphatic carbocycles. The predicted molar refractivity (Wildman–Crippen MR) is 75.9 cm³/mol. The zero-order chi connectivity index (χ0) is 14.6. The Labute approximate surface area is 117 Å². The van der Waals surface area contributed by atoms with Crippen molar-refractivity contribution in [2.75, 3.05) is 5.32 Å². The highest BCUT2D eigenvalue weighted by Crippen LogP contribution is 2.33. The number of aromatic amines is 1. The zero-order valence-electron chi connectivity index (χ0n) is 11.7. The van der Waals surface area contributed by atoms with Crippen molar-refractivity contribution in [3.8, 4) is 0 Å². The first-order chi connectivity index (χ1) is 9.53. The van der Waals surface area contributed by atoms with E-state index in [-0.39, 0.29) is 12.0 Å². The van der Waals surface area contributed by atoms with E-state index < -0.39 is 11.5 Å². The lowest BCUT2D eigenvalue weighted by atomic mass is 9.79. The van der Waals surface area contributed by atoms with E-state index in [9.17, 15) is 9.59 Å². The number of nitrogens with zero attached hydrogens (tertiary/aromatic N) is 1. The van der Waals surface area contributed by atoms with E-state index in [1.807, 2.05) is 6.92 Å². The third kappa shape index (κ3) is 3.59. The summed E-state index contributed by atoms with van der Waals surface area (Å²) in [6.45, 7) is 1.91. The van der Waals surface area contributed by atoms with Gasteiger partial charge in [-0.05, 0) is 12.8 Å². The first-order valence-electron chi connectivity index (χ1n) is 7.13. The van der Waals surface area contributed by atoms with Crippen molar-refractivity contribution in [2.24, 2.45) is 0 Å². The molecule has 0 amide bonds. The number of hydrogen-bond donors (Lipinski definition) is 3. The van der Waals surface area contributed by atoms with Crippen molar-refractivity contribution in [1.82, 2.24) is 9.97 Å². The van der Waals surface area contributed by atoms with Gasteiger partial charge in [0.05, 0.1) is 6.42 Å². The van der Waals surface area contributed by atoms with Gasteiger partial charge < -0.3 is 15.4 Å². The Morgan fingerprint density at radius 1 is 1.45 bits per heavy atom. The molecular weight excluding hydrogens is 258 g/mol. The van der Waals surface area contributed by atoms with Gasteiger partial charge in [0.1, 0.15) is 11.6 Å². The third-order valence-corrected chi connectivity index (χ3v) is 3.82. The largest absolute Gasteiger partial charge is 0.481 e. The second kappa shape index (κ2) is 6.07. The number of carboxylic acids is 1. The molecule has 0 spiro atoms. The molecule has 1 aromatic rings. The summed E-state index contributed by atoms with van der Waals surface area (Å²) in [5.74, 6) is 0.273. The normalized spacial score (nSPS) is 17.6. The summed E-state index contributed by atoms with van der Waals surface area (Å²) in [6, 6.07) is 1.40. The molecule has 0 unspecified atom stereocenters. The minimum Gasteiger partial charge on any atom is -0.481 e. The molecule has 0 bridgehead atoms. The van der Waals surface area contributed by atoms with E-state index >= 15 is 0 Å². The van der Waals surface area contributed by atoms with Crippen LogP contribution in [0.1, 0.15) is 51.3 Å². The van der Waals surface area contributed by atoms with Gasteiger partial charge in [-0.15, -0.1) is 0 Å². The molecule has 0 aliphatic heterocycles. The minimum atomic E-state index is -0.819. The number of carbonyl (C=O) groups is 1. The van der Waals surface area contributed by atoms with Crippen LogP contribution in [0.4, 0.5) is 5.82 Å². The van der Waals surface area contributed by atoms with Gasteiger partial charge in [-0.3, -0.25) is 9.59 Å². The first kappa shape index (κ1) is 14.6. The number of aryl methyl sites for hydroxylation is 1. The second-order valence-electron chi connectivity index (χ2n) is 5.47. The Hall–Kier alpha value is -1.85. The number of nitrogens with one attached hydrogen (secondary N) is 2. The molecule has 0 aromatic carbocycles. The van der Waals surface area contributed by atoms with Gasteiger partial charge in [-0.25, -0.2) is 4.98 Å². The van der Waals surface area contributed by atoms with Crippen LogP contribution in [-0.4, -0.2) is 26.6 Å². The maximum absolute atomic E-state index is 11.6. The molecule has 1 aliphatic rings. The fourth-order valence-corrected chi connectivity index (χ4v) is 2.88. The molecule has 20 heavy (non-hydrogen) atoms. The number of aromatic nitrogens is 2. The maximum atomic E-state index is 11.6. The van der Waals surface area contributed by atoms with Gasteiger partial charge in [0, 0.05) is 18.0 Å². The predicted octanol–water partition coefficient (Wildman–Crippen LogP) is 1.92. The lowest BCUT2D eigenvalue weighted by molar-refractivity contribution is -0.138. The standard InChI is InChI=1S/C14H21N3O3/c1-2-10-15-11(8-12(18)16-10)17-14(9-13(19)20)6-4-3-5-7-14/h8H,2-7,9H2,1H3,(H,19,20)(H2,15,16,17,18). The van der Waals surface area contributed by atoms with Crippen LogP contribution in [-0.2, 0) is 11.2 Å². The number of carboxylic acid groups (broad SMARTS) is 1. The summed E-state index contributed by atoms with van der Waals surface area (Å²) in [7, 11) is 0. The smallest absolute Gasteiger partial charge is 0.305 e. The Bertz CT molecular complexity index is 533. The molecule has 110 valence electrons. The van der Waals surface area contributed by atoms with E-state index in [4.69, 9.17) is 5.11 Å². The molecule has 1 aromatic heterocycles. The number of H-pyrrole nitrogens is 1. The Balaban J connectivity index is 2.25. The number of rotatable bonds is 5. The lowest BCUT2D eigenvalue weighted by Gasteiger charge is -2.37. The van der Waals surface area contributed by atoms with Gasteiger partial charge in [-0.1, -0.05) is 26.2 Å². The number of hydrogen-bond acceptors (Lipinski definition) is 4. The number of aliphatic carboxylic acids is 1. The molecule has 1 heterocycles. The topological polar surface area (TPSA) is 95.1 Å². The van der Waals surface area contributed by atoms with E-state index in [2.05, 4.69) is 15.3 Å². The molecule has 1 saturated carbocycles. The van der Waals surface area contributed by atoms with Crippen molar-refractivity contribution in [3.05, 3.63) is 22.2 Å². The second-order valence-corrected chi connectivity index (χ2v) is 5.47. The van der Waals surface area contributed by atoms with Gasteiger partial charge in [0.2, 0.25) is 0 Å². The SMILES string of the molecule is CCc1nc(NC2(CC(=O)O)CCCCC2)cc(=O)[nH]1. The van der Waals surface area contributed by atoms with Crippen LogP contribution < -0.4 is 10.9 Å². The zero-order valence-corrected chi connectivity index (χ0v) is 11.7. The molecule has 2 rings (SSSR count). The van der Waals surface area contributed by atoms with Crippen molar-refractivity contribution >= 4 is 11.8 Å². The van der Waals surface area contributed by atoms with Crippen LogP contribution in [0.25, 0.3) is 0 Å². The molecular formula is C14H21N3O3. The molecule has 3 N–H and O–H groups in total. The van der Waals surface area contributed by atoms with Gasteiger partial charge >= 0.3 is 5.97 Å². The maximum Gasteiger partial charge on any atom is 0.305 e. The van der Waals surface area contributed by atoms with Crippen LogP contribution in [0, 0.1) is 0 Å². The molecule has 0 radical (unpaired) electrons. The van der Waals surface area contributed by atoms with Crippen molar-refractivity contribution in [3.63, 3.8) is 0 Å². The highest BCUT2D eigenvalue weighted by Gasteiger charge is 2.34. The van der Waals surface area contributed by atoms with E-state index in [1.54, 1.807) is 0 Å². The highest BCUT2D eigenvalue weighted by molar-refractivity contribution is 5.69. The summed E-state index contributed by atoms with van der Waals surface area (Å²) in [4.78, 5) is 29.7. The van der Waals surface area contributed by atoms with Gasteiger partial charge in [0.15, 0.2) is 0 Å². The summed E-state index contributed by atoms with van der Waals surface area (Å²) in [5.41, 5.74) is -0.684. The summed E-state index contributed by atoms with van der Waals surface area (Å²) in [6.07, 6.45) is 5.43. The first-order valence-corrected chi connectivity index (χ1v) is 7.13. The fraction of sp³-hybridized carbons (Fsp3) is 0.643.